The van der Waals surface area contributed by atoms with Gasteiger partial charge in [-0.3, -0.25) is 0 Å². The zero-order valence-corrected chi connectivity index (χ0v) is 9.64. The lowest BCUT2D eigenvalue weighted by Gasteiger charge is -2.08. The summed E-state index contributed by atoms with van der Waals surface area (Å²) in [5.41, 5.74) is 6.58. The maximum Gasteiger partial charge on any atom is 0.252 e. The molecule has 0 spiro atoms. The van der Waals surface area contributed by atoms with Crippen molar-refractivity contribution in [2.24, 2.45) is 0 Å². The van der Waals surface area contributed by atoms with Gasteiger partial charge in [-0.2, -0.15) is 9.49 Å². The molecule has 2 heterocycles. The minimum Gasteiger partial charge on any atom is -0.476 e. The van der Waals surface area contributed by atoms with E-state index in [2.05, 4.69) is 10.1 Å². The minimum atomic E-state index is -0.541. The van der Waals surface area contributed by atoms with Gasteiger partial charge in [0.2, 0.25) is 5.82 Å². The lowest BCUT2D eigenvalue weighted by Crippen LogP contribution is -2.06. The Bertz CT molecular complexity index is 538. The Hall–Kier alpha value is -2.11. The van der Waals surface area contributed by atoms with Crippen molar-refractivity contribution in [3.05, 3.63) is 29.8 Å². The second kappa shape index (κ2) is 4.40. The molecule has 0 unspecified atom stereocenters. The molecule has 0 aliphatic carbocycles. The molecule has 0 fully saturated rings. The highest BCUT2D eigenvalue weighted by molar-refractivity contribution is 5.41. The largest absolute Gasteiger partial charge is 0.476 e. The number of ether oxygens (including phenoxy) is 1. The van der Waals surface area contributed by atoms with Gasteiger partial charge in [-0.25, -0.2) is 9.67 Å². The number of nitrogen functional groups attached to an aromatic ring is 1. The first-order valence-electron chi connectivity index (χ1n) is 5.23. The standard InChI is InChI=1S/C11H13FN4O/c1-3-17-11-10(12)8(4-5-14-11)16-7(2)6-9(13)15-16/h4-6H,3H2,1-2H3,(H2,13,15). The van der Waals surface area contributed by atoms with Crippen molar-refractivity contribution in [1.29, 1.82) is 0 Å². The van der Waals surface area contributed by atoms with Crippen LogP contribution in [-0.2, 0) is 0 Å². The van der Waals surface area contributed by atoms with Gasteiger partial charge in [0.05, 0.1) is 6.61 Å². The first-order valence-corrected chi connectivity index (χ1v) is 5.23. The van der Waals surface area contributed by atoms with Gasteiger partial charge < -0.3 is 10.5 Å². The average Bonchev–Trinajstić information content (AvgIpc) is 2.61. The van der Waals surface area contributed by atoms with Crippen molar-refractivity contribution in [2.75, 3.05) is 12.3 Å². The fourth-order valence-corrected chi connectivity index (χ4v) is 1.56. The Morgan fingerprint density at radius 1 is 1.53 bits per heavy atom. The Kier molecular flexibility index (Phi) is 2.95. The van der Waals surface area contributed by atoms with Crippen LogP contribution in [0.3, 0.4) is 0 Å². The van der Waals surface area contributed by atoms with E-state index in [1.165, 1.54) is 16.9 Å². The first kappa shape index (κ1) is 11.4. The molecular formula is C11H13FN4O. The number of aromatic nitrogens is 3. The molecule has 2 aromatic rings. The quantitative estimate of drug-likeness (QED) is 0.880. The summed E-state index contributed by atoms with van der Waals surface area (Å²) in [7, 11) is 0. The van der Waals surface area contributed by atoms with Crippen LogP contribution in [0.25, 0.3) is 5.69 Å². The summed E-state index contributed by atoms with van der Waals surface area (Å²) in [5, 5.41) is 4.01. The van der Waals surface area contributed by atoms with E-state index in [1.807, 2.05) is 0 Å². The summed E-state index contributed by atoms with van der Waals surface area (Å²) in [4.78, 5) is 3.82. The van der Waals surface area contributed by atoms with Crippen molar-refractivity contribution in [1.82, 2.24) is 14.8 Å². The minimum absolute atomic E-state index is 0.0292. The molecule has 0 saturated heterocycles. The number of aryl methyl sites for hydroxylation is 1. The number of nitrogens with zero attached hydrogens (tertiary/aromatic N) is 3. The molecule has 0 aliphatic rings. The van der Waals surface area contributed by atoms with Crippen molar-refractivity contribution in [2.45, 2.75) is 13.8 Å². The predicted molar refractivity (Wildman–Crippen MR) is 61.6 cm³/mol. The zero-order valence-electron chi connectivity index (χ0n) is 9.64. The summed E-state index contributed by atoms with van der Waals surface area (Å²) in [6, 6.07) is 3.19. The van der Waals surface area contributed by atoms with E-state index in [-0.39, 0.29) is 11.6 Å². The molecule has 2 rings (SSSR count). The summed E-state index contributed by atoms with van der Waals surface area (Å²) < 4.78 is 20.6. The molecule has 0 aliphatic heterocycles. The summed E-state index contributed by atoms with van der Waals surface area (Å²) in [6.45, 7) is 3.92. The Morgan fingerprint density at radius 3 is 2.88 bits per heavy atom. The van der Waals surface area contributed by atoms with Crippen LogP contribution >= 0.6 is 0 Å². The molecule has 6 heteroatoms. The van der Waals surface area contributed by atoms with E-state index < -0.39 is 5.82 Å². The van der Waals surface area contributed by atoms with Crippen LogP contribution in [0.1, 0.15) is 12.6 Å². The number of nitrogens with two attached hydrogens (primary N) is 1. The molecule has 0 amide bonds. The van der Waals surface area contributed by atoms with Gasteiger partial charge in [0.1, 0.15) is 11.5 Å². The third kappa shape index (κ3) is 2.06. The van der Waals surface area contributed by atoms with Crippen LogP contribution in [-0.4, -0.2) is 21.4 Å². The fourth-order valence-electron chi connectivity index (χ4n) is 1.56. The monoisotopic (exact) mass is 236 g/mol. The summed E-state index contributed by atoms with van der Waals surface area (Å²) >= 11 is 0. The molecule has 0 bridgehead atoms. The van der Waals surface area contributed by atoms with E-state index in [4.69, 9.17) is 10.5 Å². The van der Waals surface area contributed by atoms with E-state index in [0.717, 1.165) is 5.69 Å². The molecule has 2 aromatic heterocycles. The van der Waals surface area contributed by atoms with E-state index >= 15 is 0 Å². The number of anilines is 1. The highest BCUT2D eigenvalue weighted by Crippen LogP contribution is 2.22. The number of halogens is 1. The highest BCUT2D eigenvalue weighted by atomic mass is 19.1. The second-order valence-electron chi connectivity index (χ2n) is 3.50. The molecule has 2 N–H and O–H groups in total. The highest BCUT2D eigenvalue weighted by Gasteiger charge is 2.14. The maximum absolute atomic E-state index is 14.0. The Balaban J connectivity index is 2.52. The Labute approximate surface area is 98.0 Å². The van der Waals surface area contributed by atoms with Gasteiger partial charge in [-0.15, -0.1) is 0 Å². The normalized spacial score (nSPS) is 10.5. The SMILES string of the molecule is CCOc1nccc(-n2nc(N)cc2C)c1F. The molecule has 0 atom stereocenters. The first-order chi connectivity index (χ1) is 8.13. The molecule has 90 valence electrons. The summed E-state index contributed by atoms with van der Waals surface area (Å²) in [6.07, 6.45) is 1.47. The van der Waals surface area contributed by atoms with Crippen molar-refractivity contribution in [3.8, 4) is 11.6 Å². The lowest BCUT2D eigenvalue weighted by molar-refractivity contribution is 0.306. The van der Waals surface area contributed by atoms with Gasteiger partial charge >= 0.3 is 0 Å². The van der Waals surface area contributed by atoms with E-state index in [9.17, 15) is 4.39 Å². The van der Waals surface area contributed by atoms with E-state index in [1.54, 1.807) is 19.9 Å². The van der Waals surface area contributed by atoms with Gasteiger partial charge in [0.15, 0.2) is 0 Å². The lowest BCUT2D eigenvalue weighted by atomic mass is 10.3. The van der Waals surface area contributed by atoms with E-state index in [0.29, 0.717) is 12.4 Å². The predicted octanol–water partition coefficient (Wildman–Crippen LogP) is 1.70. The van der Waals surface area contributed by atoms with Crippen molar-refractivity contribution in [3.63, 3.8) is 0 Å². The van der Waals surface area contributed by atoms with Crippen molar-refractivity contribution >= 4 is 5.82 Å². The van der Waals surface area contributed by atoms with Crippen LogP contribution < -0.4 is 10.5 Å². The van der Waals surface area contributed by atoms with Crippen molar-refractivity contribution < 1.29 is 9.13 Å². The van der Waals surface area contributed by atoms with Gasteiger partial charge in [-0.1, -0.05) is 0 Å². The van der Waals surface area contributed by atoms with Crippen LogP contribution in [0.15, 0.2) is 18.3 Å². The zero-order chi connectivity index (χ0) is 12.4. The molecule has 17 heavy (non-hydrogen) atoms. The van der Waals surface area contributed by atoms with Gasteiger partial charge in [-0.05, 0) is 19.9 Å². The molecule has 0 aromatic carbocycles. The third-order valence-electron chi connectivity index (χ3n) is 2.25. The molecular weight excluding hydrogens is 223 g/mol. The van der Waals surface area contributed by atoms with Gasteiger partial charge in [0.25, 0.3) is 5.88 Å². The van der Waals surface area contributed by atoms with Crippen LogP contribution in [0.2, 0.25) is 0 Å². The number of rotatable bonds is 3. The third-order valence-corrected chi connectivity index (χ3v) is 2.25. The smallest absolute Gasteiger partial charge is 0.252 e. The number of hydrogen-bond donors (Lipinski definition) is 1. The topological polar surface area (TPSA) is 66.0 Å². The fraction of sp³-hybridized carbons (Fsp3) is 0.273. The number of pyridine rings is 1. The maximum atomic E-state index is 14.0. The molecule has 5 nitrogen and oxygen atoms in total. The Morgan fingerprint density at radius 2 is 2.29 bits per heavy atom. The second-order valence-corrected chi connectivity index (χ2v) is 3.50. The van der Waals surface area contributed by atoms with Crippen LogP contribution in [0.4, 0.5) is 10.2 Å². The van der Waals surface area contributed by atoms with Gasteiger partial charge in [0, 0.05) is 18.0 Å². The van der Waals surface area contributed by atoms with Crippen LogP contribution in [0, 0.1) is 12.7 Å². The number of hydrogen-bond acceptors (Lipinski definition) is 4. The average molecular weight is 236 g/mol. The molecule has 0 saturated carbocycles. The van der Waals surface area contributed by atoms with Crippen LogP contribution in [0.5, 0.6) is 5.88 Å². The summed E-state index contributed by atoms with van der Waals surface area (Å²) in [5.74, 6) is -0.226. The molecule has 0 radical (unpaired) electrons.